The predicted molar refractivity (Wildman–Crippen MR) is 87.2 cm³/mol. The van der Waals surface area contributed by atoms with Crippen molar-refractivity contribution in [3.05, 3.63) is 34.4 Å². The summed E-state index contributed by atoms with van der Waals surface area (Å²) in [5.74, 6) is 0. The van der Waals surface area contributed by atoms with Crippen molar-refractivity contribution in [1.82, 2.24) is 10.2 Å². The fraction of sp³-hybridized carbons (Fsp3) is 0.667. The van der Waals surface area contributed by atoms with Crippen molar-refractivity contribution in [2.24, 2.45) is 0 Å². The molecule has 1 fully saturated rings. The molecule has 0 radical (unpaired) electrons. The molecule has 0 amide bonds. The van der Waals surface area contributed by atoms with E-state index in [1.165, 1.54) is 61.2 Å². The number of nitrogens with one attached hydrogen (secondary N) is 1. The normalized spacial score (nSPS) is 18.9. The van der Waals surface area contributed by atoms with Crippen LogP contribution in [0.15, 0.2) is 12.1 Å². The summed E-state index contributed by atoms with van der Waals surface area (Å²) in [7, 11) is 0. The van der Waals surface area contributed by atoms with Gasteiger partial charge in [0.1, 0.15) is 0 Å². The summed E-state index contributed by atoms with van der Waals surface area (Å²) in [6.07, 6.45) is 3.91. The molecule has 2 nitrogen and oxygen atoms in total. The zero-order valence-electron chi connectivity index (χ0n) is 13.6. The van der Waals surface area contributed by atoms with E-state index in [9.17, 15) is 0 Å². The Labute approximate surface area is 124 Å². The zero-order chi connectivity index (χ0) is 14.5. The minimum Gasteiger partial charge on any atom is -0.313 e. The first-order valence-corrected chi connectivity index (χ1v) is 8.12. The van der Waals surface area contributed by atoms with Crippen molar-refractivity contribution < 1.29 is 0 Å². The molecule has 2 heteroatoms. The average Bonchev–Trinajstić information content (AvgIpc) is 2.86. The quantitative estimate of drug-likeness (QED) is 0.853. The van der Waals surface area contributed by atoms with Crippen LogP contribution in [0.4, 0.5) is 0 Å². The third-order valence-electron chi connectivity index (χ3n) is 4.40. The Morgan fingerprint density at radius 1 is 1.20 bits per heavy atom. The second kappa shape index (κ2) is 7.24. The van der Waals surface area contributed by atoms with Gasteiger partial charge < -0.3 is 5.32 Å². The highest BCUT2D eigenvalue weighted by atomic mass is 15.1. The number of hydrogen-bond acceptors (Lipinski definition) is 2. The molecular formula is C18H30N2. The minimum absolute atomic E-state index is 0.701. The Bertz CT molecular complexity index is 410. The molecule has 112 valence electrons. The summed E-state index contributed by atoms with van der Waals surface area (Å²) in [5, 5.41) is 3.63. The molecule has 1 aliphatic rings. The first-order valence-electron chi connectivity index (χ1n) is 8.12. The van der Waals surface area contributed by atoms with E-state index in [0.29, 0.717) is 6.04 Å². The van der Waals surface area contributed by atoms with E-state index in [4.69, 9.17) is 0 Å². The molecule has 1 saturated heterocycles. The molecule has 0 aliphatic carbocycles. The van der Waals surface area contributed by atoms with E-state index in [1.807, 2.05) is 0 Å². The van der Waals surface area contributed by atoms with Gasteiger partial charge in [-0.3, -0.25) is 4.90 Å². The first kappa shape index (κ1) is 15.5. The maximum atomic E-state index is 3.63. The molecule has 1 aliphatic heterocycles. The van der Waals surface area contributed by atoms with Crippen LogP contribution in [-0.2, 0) is 6.54 Å². The molecule has 1 aromatic carbocycles. The molecule has 1 N–H and O–H groups in total. The fourth-order valence-electron chi connectivity index (χ4n) is 3.46. The van der Waals surface area contributed by atoms with Gasteiger partial charge in [0.05, 0.1) is 0 Å². The van der Waals surface area contributed by atoms with E-state index in [-0.39, 0.29) is 0 Å². The lowest BCUT2D eigenvalue weighted by molar-refractivity contribution is 0.241. The molecule has 0 spiro atoms. The van der Waals surface area contributed by atoms with Gasteiger partial charge in [-0.25, -0.2) is 0 Å². The molecule has 1 unspecified atom stereocenters. The summed E-state index contributed by atoms with van der Waals surface area (Å²) in [5.41, 5.74) is 5.80. The first-order chi connectivity index (χ1) is 9.60. The van der Waals surface area contributed by atoms with E-state index in [2.05, 4.69) is 50.0 Å². The van der Waals surface area contributed by atoms with Gasteiger partial charge in [0.15, 0.2) is 0 Å². The predicted octanol–water partition coefficient (Wildman–Crippen LogP) is 3.58. The number of benzene rings is 1. The van der Waals surface area contributed by atoms with Crippen molar-refractivity contribution in [1.29, 1.82) is 0 Å². The molecule has 1 aromatic rings. The second-order valence-corrected chi connectivity index (χ2v) is 6.41. The Balaban J connectivity index is 2.07. The zero-order valence-corrected chi connectivity index (χ0v) is 13.6. The Morgan fingerprint density at radius 3 is 2.45 bits per heavy atom. The summed E-state index contributed by atoms with van der Waals surface area (Å²) in [6.45, 7) is 13.7. The third-order valence-corrected chi connectivity index (χ3v) is 4.40. The van der Waals surface area contributed by atoms with Gasteiger partial charge in [0.25, 0.3) is 0 Å². The highest BCUT2D eigenvalue weighted by molar-refractivity contribution is 5.37. The van der Waals surface area contributed by atoms with Crippen LogP contribution in [0.1, 0.15) is 48.4 Å². The maximum Gasteiger partial charge on any atom is 0.0239 e. The molecular weight excluding hydrogens is 244 g/mol. The van der Waals surface area contributed by atoms with Crippen LogP contribution in [0.5, 0.6) is 0 Å². The van der Waals surface area contributed by atoms with Crippen LogP contribution >= 0.6 is 0 Å². The number of nitrogens with zero attached hydrogens (tertiary/aromatic N) is 1. The van der Waals surface area contributed by atoms with E-state index in [1.54, 1.807) is 0 Å². The van der Waals surface area contributed by atoms with Crippen molar-refractivity contribution >= 4 is 0 Å². The van der Waals surface area contributed by atoms with Crippen LogP contribution in [0.25, 0.3) is 0 Å². The van der Waals surface area contributed by atoms with Crippen LogP contribution in [0.2, 0.25) is 0 Å². The average molecular weight is 274 g/mol. The van der Waals surface area contributed by atoms with Gasteiger partial charge in [-0.1, -0.05) is 24.6 Å². The van der Waals surface area contributed by atoms with Crippen LogP contribution in [0.3, 0.4) is 0 Å². The highest BCUT2D eigenvalue weighted by Crippen LogP contribution is 2.19. The summed E-state index contributed by atoms with van der Waals surface area (Å²) in [4.78, 5) is 2.63. The maximum absolute atomic E-state index is 3.63. The van der Waals surface area contributed by atoms with Crippen LogP contribution in [-0.4, -0.2) is 30.6 Å². The molecule has 0 aromatic heterocycles. The van der Waals surface area contributed by atoms with Gasteiger partial charge in [-0.15, -0.1) is 0 Å². The molecule has 20 heavy (non-hydrogen) atoms. The van der Waals surface area contributed by atoms with E-state index >= 15 is 0 Å². The molecule has 0 bridgehead atoms. The van der Waals surface area contributed by atoms with Gasteiger partial charge in [-0.05, 0) is 69.8 Å². The number of hydrogen-bond donors (Lipinski definition) is 1. The van der Waals surface area contributed by atoms with E-state index < -0.39 is 0 Å². The summed E-state index contributed by atoms with van der Waals surface area (Å²) < 4.78 is 0. The lowest BCUT2D eigenvalue weighted by Crippen LogP contribution is -2.37. The largest absolute Gasteiger partial charge is 0.313 e. The number of aryl methyl sites for hydroxylation is 3. The molecule has 1 atom stereocenters. The molecule has 0 saturated carbocycles. The Morgan fingerprint density at radius 2 is 1.90 bits per heavy atom. The number of rotatable bonds is 6. The van der Waals surface area contributed by atoms with Crippen molar-refractivity contribution in [2.75, 3.05) is 19.6 Å². The topological polar surface area (TPSA) is 15.3 Å². The fourth-order valence-corrected chi connectivity index (χ4v) is 3.46. The van der Waals surface area contributed by atoms with Crippen molar-refractivity contribution in [3.63, 3.8) is 0 Å². The third kappa shape index (κ3) is 4.07. The lowest BCUT2D eigenvalue weighted by Gasteiger charge is -2.27. The SMILES string of the molecule is CCCN(Cc1c(C)cc(C)cc1C)CC1CCCN1. The monoisotopic (exact) mass is 274 g/mol. The smallest absolute Gasteiger partial charge is 0.0239 e. The summed E-state index contributed by atoms with van der Waals surface area (Å²) >= 11 is 0. The molecule has 2 rings (SSSR count). The van der Waals surface area contributed by atoms with Gasteiger partial charge >= 0.3 is 0 Å². The standard InChI is InChI=1S/C18H30N2/c1-5-9-20(12-17-7-6-8-19-17)13-18-15(3)10-14(2)11-16(18)4/h10-11,17,19H,5-9,12-13H2,1-4H3. The summed E-state index contributed by atoms with van der Waals surface area (Å²) in [6, 6.07) is 5.34. The molecule has 1 heterocycles. The Hall–Kier alpha value is -0.860. The van der Waals surface area contributed by atoms with Gasteiger partial charge in [-0.2, -0.15) is 0 Å². The van der Waals surface area contributed by atoms with Gasteiger partial charge in [0.2, 0.25) is 0 Å². The second-order valence-electron chi connectivity index (χ2n) is 6.41. The Kier molecular flexibility index (Phi) is 5.62. The van der Waals surface area contributed by atoms with Crippen molar-refractivity contribution in [3.8, 4) is 0 Å². The lowest BCUT2D eigenvalue weighted by atomic mass is 9.99. The highest BCUT2D eigenvalue weighted by Gasteiger charge is 2.18. The van der Waals surface area contributed by atoms with Crippen LogP contribution < -0.4 is 5.32 Å². The minimum atomic E-state index is 0.701. The van der Waals surface area contributed by atoms with E-state index in [0.717, 1.165) is 6.54 Å². The van der Waals surface area contributed by atoms with Crippen molar-refractivity contribution in [2.45, 2.75) is 59.5 Å². The van der Waals surface area contributed by atoms with Gasteiger partial charge in [0, 0.05) is 19.1 Å². The van der Waals surface area contributed by atoms with Crippen LogP contribution in [0, 0.1) is 20.8 Å².